The first kappa shape index (κ1) is 34.4. The number of thioether (sulfide) groups is 2. The van der Waals surface area contributed by atoms with Gasteiger partial charge in [-0.1, -0.05) is 45.0 Å². The number of amides is 2. The van der Waals surface area contributed by atoms with Gasteiger partial charge in [0.2, 0.25) is 12.3 Å². The molecule has 4 rings (SSSR count). The summed E-state index contributed by atoms with van der Waals surface area (Å²) in [5, 5.41) is 3.01. The molecule has 1 saturated heterocycles. The van der Waals surface area contributed by atoms with Gasteiger partial charge in [0.25, 0.3) is 0 Å². The lowest BCUT2D eigenvalue weighted by Gasteiger charge is -2.35. The van der Waals surface area contributed by atoms with Crippen LogP contribution in [0.1, 0.15) is 37.8 Å². The Morgan fingerprint density at radius 1 is 1.22 bits per heavy atom. The first-order valence-electron chi connectivity index (χ1n) is 14.2. The van der Waals surface area contributed by atoms with Gasteiger partial charge >= 0.3 is 0 Å². The van der Waals surface area contributed by atoms with Crippen LogP contribution in [0.4, 0.5) is 20.3 Å². The van der Waals surface area contributed by atoms with Crippen LogP contribution >= 0.6 is 35.1 Å². The molecule has 1 fully saturated rings. The summed E-state index contributed by atoms with van der Waals surface area (Å²) >= 11 is 9.27. The van der Waals surface area contributed by atoms with E-state index in [1.165, 1.54) is 36.0 Å². The summed E-state index contributed by atoms with van der Waals surface area (Å²) in [6, 6.07) is 7.10. The highest BCUT2D eigenvalue weighted by molar-refractivity contribution is 7.99. The van der Waals surface area contributed by atoms with Crippen molar-refractivity contribution in [2.24, 2.45) is 10.9 Å². The number of amidine groups is 1. The maximum atomic E-state index is 16.1. The van der Waals surface area contributed by atoms with E-state index in [1.807, 2.05) is 44.2 Å². The third-order valence-corrected chi connectivity index (χ3v) is 9.68. The Balaban J connectivity index is 2.05. The predicted octanol–water partition coefficient (Wildman–Crippen LogP) is 7.22. The summed E-state index contributed by atoms with van der Waals surface area (Å²) in [5.41, 5.74) is 1.12. The SMILES string of the molecule is C=CC(=O)N1CCN(/C(=N/c2c(C(C)C)ccnc2SC)c2cc(F)c(-c3c(F)cccc3Cl)nc2NC=O)C(SC)C(C)C1. The molecular weight excluding hydrogens is 638 g/mol. The number of benzene rings is 1. The molecule has 0 bridgehead atoms. The molecule has 13 heteroatoms. The van der Waals surface area contributed by atoms with Crippen LogP contribution in [0.3, 0.4) is 0 Å². The summed E-state index contributed by atoms with van der Waals surface area (Å²) < 4.78 is 31.0. The van der Waals surface area contributed by atoms with Crippen molar-refractivity contribution in [2.45, 2.75) is 37.1 Å². The Kier molecular flexibility index (Phi) is 11.6. The van der Waals surface area contributed by atoms with Crippen LogP contribution in [0.5, 0.6) is 0 Å². The number of hydrogen-bond acceptors (Lipinski definition) is 7. The van der Waals surface area contributed by atoms with Crippen LogP contribution in [0, 0.1) is 17.6 Å². The molecule has 3 aromatic rings. The van der Waals surface area contributed by atoms with E-state index in [4.69, 9.17) is 16.6 Å². The number of nitrogens with one attached hydrogen (secondary N) is 1. The van der Waals surface area contributed by atoms with Crippen molar-refractivity contribution in [1.82, 2.24) is 19.8 Å². The molecule has 8 nitrogen and oxygen atoms in total. The molecule has 2 aromatic heterocycles. The molecule has 2 amide bonds. The second-order valence-corrected chi connectivity index (χ2v) is 12.9. The van der Waals surface area contributed by atoms with E-state index in [-0.39, 0.29) is 50.8 Å². The minimum Gasteiger partial charge on any atom is -0.342 e. The van der Waals surface area contributed by atoms with E-state index in [0.29, 0.717) is 42.6 Å². The number of carbonyl (C=O) groups is 2. The highest BCUT2D eigenvalue weighted by Crippen LogP contribution is 2.38. The molecule has 1 aromatic carbocycles. The summed E-state index contributed by atoms with van der Waals surface area (Å²) in [5.74, 6) is -1.49. The van der Waals surface area contributed by atoms with Gasteiger partial charge in [0, 0.05) is 31.7 Å². The fraction of sp³-hybridized carbons (Fsp3) is 0.344. The van der Waals surface area contributed by atoms with Gasteiger partial charge in [-0.05, 0) is 54.3 Å². The molecule has 3 heterocycles. The largest absolute Gasteiger partial charge is 0.342 e. The highest BCUT2D eigenvalue weighted by atomic mass is 35.5. The molecule has 0 saturated carbocycles. The van der Waals surface area contributed by atoms with Crippen molar-refractivity contribution in [3.05, 3.63) is 77.0 Å². The predicted molar refractivity (Wildman–Crippen MR) is 181 cm³/mol. The number of pyridine rings is 2. The topological polar surface area (TPSA) is 90.8 Å². The zero-order chi connectivity index (χ0) is 32.8. The highest BCUT2D eigenvalue weighted by Gasteiger charge is 2.35. The van der Waals surface area contributed by atoms with Crippen LogP contribution in [-0.4, -0.2) is 75.4 Å². The standard InChI is InChI=1S/C32H35ClF2N6O2S2/c1-7-25(43)40-13-14-41(32(45-6)19(4)16-40)30(39-27-20(18(2)3)11-12-36-31(27)44-5)21-15-24(35)28(38-29(21)37-17-42)26-22(33)9-8-10-23(26)34/h7-12,15,17-19,32H,1,13-14,16H2,2-6H3,(H,37,38,42)/b39-30+. The quantitative estimate of drug-likeness (QED) is 0.0844. The Labute approximate surface area is 275 Å². The maximum Gasteiger partial charge on any atom is 0.246 e. The minimum atomic E-state index is -0.853. The van der Waals surface area contributed by atoms with Crippen molar-refractivity contribution >= 4 is 64.8 Å². The number of hydrogen-bond donors (Lipinski definition) is 1. The van der Waals surface area contributed by atoms with E-state index in [1.54, 1.807) is 22.9 Å². The molecule has 2 unspecified atom stereocenters. The van der Waals surface area contributed by atoms with Gasteiger partial charge in [-0.3, -0.25) is 9.59 Å². The molecule has 238 valence electrons. The molecule has 0 radical (unpaired) electrons. The average molecular weight is 673 g/mol. The van der Waals surface area contributed by atoms with Gasteiger partial charge in [0.15, 0.2) is 5.82 Å². The number of rotatable bonds is 9. The third kappa shape index (κ3) is 7.34. The molecule has 1 aliphatic heterocycles. The Hall–Kier alpha value is -3.48. The Morgan fingerprint density at radius 3 is 2.60 bits per heavy atom. The van der Waals surface area contributed by atoms with Gasteiger partial charge in [0.1, 0.15) is 33.9 Å². The van der Waals surface area contributed by atoms with Gasteiger partial charge < -0.3 is 15.1 Å². The first-order chi connectivity index (χ1) is 21.6. The van der Waals surface area contributed by atoms with Crippen LogP contribution in [0.2, 0.25) is 5.02 Å². The van der Waals surface area contributed by atoms with E-state index in [0.717, 1.165) is 11.6 Å². The number of aromatic nitrogens is 2. The second-order valence-electron chi connectivity index (χ2n) is 10.7. The maximum absolute atomic E-state index is 16.1. The minimum absolute atomic E-state index is 0.0302. The van der Waals surface area contributed by atoms with Crippen molar-refractivity contribution in [2.75, 3.05) is 37.5 Å². The second kappa shape index (κ2) is 15.2. The molecule has 1 N–H and O–H groups in total. The lowest BCUT2D eigenvalue weighted by atomic mass is 10.0. The molecule has 2 atom stereocenters. The van der Waals surface area contributed by atoms with Gasteiger partial charge in [0.05, 0.1) is 21.5 Å². The fourth-order valence-corrected chi connectivity index (χ4v) is 7.18. The molecule has 45 heavy (non-hydrogen) atoms. The molecule has 0 aliphatic carbocycles. The summed E-state index contributed by atoms with van der Waals surface area (Å²) in [6.07, 6.45) is 7.30. The van der Waals surface area contributed by atoms with Crippen LogP contribution in [0.15, 0.2) is 59.2 Å². The van der Waals surface area contributed by atoms with E-state index in [9.17, 15) is 14.0 Å². The smallest absolute Gasteiger partial charge is 0.246 e. The molecular formula is C32H35ClF2N6O2S2. The molecule has 1 aliphatic rings. The van der Waals surface area contributed by atoms with Crippen LogP contribution < -0.4 is 5.32 Å². The lowest BCUT2D eigenvalue weighted by Crippen LogP contribution is -2.43. The van der Waals surface area contributed by atoms with Crippen molar-refractivity contribution in [3.8, 4) is 11.3 Å². The van der Waals surface area contributed by atoms with E-state index < -0.39 is 11.6 Å². The number of nitrogens with zero attached hydrogens (tertiary/aromatic N) is 5. The average Bonchev–Trinajstić information content (AvgIpc) is 3.18. The monoisotopic (exact) mass is 672 g/mol. The summed E-state index contributed by atoms with van der Waals surface area (Å²) in [6.45, 7) is 10.9. The fourth-order valence-electron chi connectivity index (χ4n) is 5.39. The number of aliphatic imine (C=N–C) groups is 1. The first-order valence-corrected chi connectivity index (χ1v) is 17.1. The molecule has 0 spiro atoms. The van der Waals surface area contributed by atoms with Crippen molar-refractivity contribution < 1.29 is 18.4 Å². The van der Waals surface area contributed by atoms with E-state index in [2.05, 4.69) is 21.9 Å². The zero-order valence-corrected chi connectivity index (χ0v) is 28.1. The van der Waals surface area contributed by atoms with Gasteiger partial charge in [-0.25, -0.2) is 23.7 Å². The van der Waals surface area contributed by atoms with Crippen LogP contribution in [0.25, 0.3) is 11.3 Å². The van der Waals surface area contributed by atoms with E-state index >= 15 is 4.39 Å². The summed E-state index contributed by atoms with van der Waals surface area (Å²) in [7, 11) is 0. The number of halogens is 3. The Bertz CT molecular complexity index is 1600. The van der Waals surface area contributed by atoms with Crippen molar-refractivity contribution in [3.63, 3.8) is 0 Å². The van der Waals surface area contributed by atoms with Gasteiger partial charge in [-0.15, -0.1) is 23.5 Å². The Morgan fingerprint density at radius 2 is 1.98 bits per heavy atom. The normalized spacial score (nSPS) is 17.3. The third-order valence-electron chi connectivity index (χ3n) is 7.48. The number of anilines is 1. The van der Waals surface area contributed by atoms with Crippen LogP contribution in [-0.2, 0) is 9.59 Å². The van der Waals surface area contributed by atoms with Crippen molar-refractivity contribution in [1.29, 1.82) is 0 Å². The van der Waals surface area contributed by atoms with Gasteiger partial charge in [-0.2, -0.15) is 0 Å². The lowest BCUT2D eigenvalue weighted by molar-refractivity contribution is -0.126. The zero-order valence-electron chi connectivity index (χ0n) is 25.7. The number of carbonyl (C=O) groups excluding carboxylic acids is 2. The summed E-state index contributed by atoms with van der Waals surface area (Å²) in [4.78, 5) is 42.5.